The van der Waals surface area contributed by atoms with E-state index in [0.29, 0.717) is 23.2 Å². The van der Waals surface area contributed by atoms with Crippen LogP contribution in [0.25, 0.3) is 5.65 Å². The highest BCUT2D eigenvalue weighted by Gasteiger charge is 2.09. The molecule has 0 N–H and O–H groups in total. The Morgan fingerprint density at radius 1 is 1.26 bits per heavy atom. The Morgan fingerprint density at radius 2 is 2.05 bits per heavy atom. The normalized spacial score (nSPS) is 10.8. The topological polar surface area (TPSA) is 39.4 Å². The molecule has 96 valence electrons. The Bertz CT molecular complexity index is 709. The first-order valence-electron chi connectivity index (χ1n) is 5.91. The molecular formula is C14H12ClN3O. The summed E-state index contributed by atoms with van der Waals surface area (Å²) in [6.45, 7) is 2.38. The van der Waals surface area contributed by atoms with Crippen molar-refractivity contribution in [2.75, 3.05) is 0 Å². The smallest absolute Gasteiger partial charge is 0.196 e. The van der Waals surface area contributed by atoms with E-state index >= 15 is 0 Å². The van der Waals surface area contributed by atoms with Crippen LogP contribution in [0.5, 0.6) is 5.75 Å². The summed E-state index contributed by atoms with van der Waals surface area (Å²) in [5, 5.41) is 4.53. The average Bonchev–Trinajstić information content (AvgIpc) is 2.77. The number of fused-ring (bicyclic) bond motifs is 1. The summed E-state index contributed by atoms with van der Waals surface area (Å²) < 4.78 is 7.43. The predicted molar refractivity (Wildman–Crippen MR) is 73.5 cm³/mol. The number of halogens is 1. The van der Waals surface area contributed by atoms with Crippen molar-refractivity contribution in [1.82, 2.24) is 14.6 Å². The van der Waals surface area contributed by atoms with Crippen molar-refractivity contribution in [3.05, 3.63) is 59.0 Å². The molecule has 0 saturated carbocycles. The van der Waals surface area contributed by atoms with Crippen LogP contribution in [0.4, 0.5) is 0 Å². The molecule has 1 aromatic carbocycles. The molecule has 19 heavy (non-hydrogen) atoms. The zero-order valence-electron chi connectivity index (χ0n) is 10.4. The quantitative estimate of drug-likeness (QED) is 0.735. The summed E-state index contributed by atoms with van der Waals surface area (Å²) in [5.41, 5.74) is 2.65. The first-order chi connectivity index (χ1) is 9.22. The third kappa shape index (κ3) is 2.53. The van der Waals surface area contributed by atoms with Crippen molar-refractivity contribution in [3.8, 4) is 5.75 Å². The van der Waals surface area contributed by atoms with Gasteiger partial charge in [0.25, 0.3) is 0 Å². The fraction of sp³-hybridized carbons (Fsp3) is 0.143. The van der Waals surface area contributed by atoms with Crippen molar-refractivity contribution >= 4 is 17.2 Å². The minimum absolute atomic E-state index is 0.382. The van der Waals surface area contributed by atoms with Gasteiger partial charge in [-0.2, -0.15) is 5.10 Å². The second-order valence-corrected chi connectivity index (χ2v) is 4.64. The van der Waals surface area contributed by atoms with Gasteiger partial charge in [-0.1, -0.05) is 41.9 Å². The molecule has 4 nitrogen and oxygen atoms in total. The largest absolute Gasteiger partial charge is 0.485 e. The van der Waals surface area contributed by atoms with Crippen LogP contribution in [-0.4, -0.2) is 14.6 Å². The molecule has 0 amide bonds. The van der Waals surface area contributed by atoms with E-state index < -0.39 is 0 Å². The van der Waals surface area contributed by atoms with E-state index in [2.05, 4.69) is 10.1 Å². The summed E-state index contributed by atoms with van der Waals surface area (Å²) in [7, 11) is 0. The van der Waals surface area contributed by atoms with E-state index in [0.717, 1.165) is 11.3 Å². The van der Waals surface area contributed by atoms with Gasteiger partial charge in [-0.15, -0.1) is 0 Å². The molecule has 0 aliphatic carbocycles. The minimum Gasteiger partial charge on any atom is -0.485 e. The number of rotatable bonds is 3. The van der Waals surface area contributed by atoms with E-state index in [1.54, 1.807) is 10.6 Å². The second-order valence-electron chi connectivity index (χ2n) is 4.26. The van der Waals surface area contributed by atoms with Gasteiger partial charge in [0, 0.05) is 6.07 Å². The lowest BCUT2D eigenvalue weighted by atomic mass is 10.2. The number of benzene rings is 1. The predicted octanol–water partition coefficient (Wildman–Crippen LogP) is 3.27. The van der Waals surface area contributed by atoms with E-state index in [1.807, 2.05) is 43.5 Å². The fourth-order valence-corrected chi connectivity index (χ4v) is 2.06. The summed E-state index contributed by atoms with van der Waals surface area (Å²) >= 11 is 5.98. The van der Waals surface area contributed by atoms with Gasteiger partial charge in [0.05, 0.1) is 11.9 Å². The van der Waals surface area contributed by atoms with Crippen LogP contribution in [0.3, 0.4) is 0 Å². The Labute approximate surface area is 115 Å². The highest BCUT2D eigenvalue weighted by molar-refractivity contribution is 6.29. The number of aryl methyl sites for hydroxylation is 1. The van der Waals surface area contributed by atoms with Gasteiger partial charge in [0.1, 0.15) is 6.61 Å². The Kier molecular flexibility index (Phi) is 3.09. The van der Waals surface area contributed by atoms with Crippen LogP contribution in [-0.2, 0) is 6.61 Å². The second kappa shape index (κ2) is 4.90. The van der Waals surface area contributed by atoms with Crippen LogP contribution in [0, 0.1) is 6.92 Å². The van der Waals surface area contributed by atoms with Gasteiger partial charge in [-0.3, -0.25) is 0 Å². The zero-order chi connectivity index (χ0) is 13.2. The highest BCUT2D eigenvalue weighted by Crippen LogP contribution is 2.22. The van der Waals surface area contributed by atoms with E-state index in [9.17, 15) is 0 Å². The number of hydrogen-bond acceptors (Lipinski definition) is 3. The van der Waals surface area contributed by atoms with E-state index in [4.69, 9.17) is 16.3 Å². The standard InChI is InChI=1S/C14H12ClN3O/c1-10-8-18-14(16-10)12(7-13(15)17-18)19-9-11-5-3-2-4-6-11/h2-8H,9H2,1H3. The molecule has 0 aliphatic rings. The van der Waals surface area contributed by atoms with Gasteiger partial charge in [0.15, 0.2) is 16.5 Å². The molecule has 0 spiro atoms. The van der Waals surface area contributed by atoms with E-state index in [1.165, 1.54) is 0 Å². The first kappa shape index (κ1) is 12.0. The van der Waals surface area contributed by atoms with Crippen LogP contribution in [0.1, 0.15) is 11.3 Å². The van der Waals surface area contributed by atoms with Gasteiger partial charge in [0.2, 0.25) is 0 Å². The summed E-state index contributed by atoms with van der Waals surface area (Å²) in [6.07, 6.45) is 1.82. The molecule has 5 heteroatoms. The van der Waals surface area contributed by atoms with E-state index in [-0.39, 0.29) is 0 Å². The minimum atomic E-state index is 0.382. The number of hydrogen-bond donors (Lipinski definition) is 0. The molecule has 0 saturated heterocycles. The van der Waals surface area contributed by atoms with Crippen molar-refractivity contribution in [2.24, 2.45) is 0 Å². The summed E-state index contributed by atoms with van der Waals surface area (Å²) in [6, 6.07) is 11.6. The SMILES string of the molecule is Cc1cn2nc(Cl)cc(OCc3ccccc3)c2n1. The number of nitrogens with zero attached hydrogens (tertiary/aromatic N) is 3. The number of ether oxygens (including phenoxy) is 1. The van der Waals surface area contributed by atoms with Crippen molar-refractivity contribution < 1.29 is 4.74 Å². The Morgan fingerprint density at radius 3 is 2.84 bits per heavy atom. The molecule has 0 radical (unpaired) electrons. The van der Waals surface area contributed by atoms with Gasteiger partial charge in [-0.05, 0) is 12.5 Å². The molecule has 0 bridgehead atoms. The van der Waals surface area contributed by atoms with Crippen LogP contribution < -0.4 is 4.74 Å². The molecule has 2 heterocycles. The average molecular weight is 274 g/mol. The molecule has 0 atom stereocenters. The Hall–Kier alpha value is -2.07. The van der Waals surface area contributed by atoms with Crippen LogP contribution >= 0.6 is 11.6 Å². The molecular weight excluding hydrogens is 262 g/mol. The van der Waals surface area contributed by atoms with Crippen molar-refractivity contribution in [1.29, 1.82) is 0 Å². The van der Waals surface area contributed by atoms with Gasteiger partial charge in [-0.25, -0.2) is 9.50 Å². The lowest BCUT2D eigenvalue weighted by Gasteiger charge is -2.07. The zero-order valence-corrected chi connectivity index (χ0v) is 11.1. The Balaban J connectivity index is 1.92. The van der Waals surface area contributed by atoms with Gasteiger partial charge >= 0.3 is 0 Å². The van der Waals surface area contributed by atoms with Crippen LogP contribution in [0.15, 0.2) is 42.6 Å². The van der Waals surface area contributed by atoms with Gasteiger partial charge < -0.3 is 4.74 Å². The molecule has 0 unspecified atom stereocenters. The highest BCUT2D eigenvalue weighted by atomic mass is 35.5. The van der Waals surface area contributed by atoms with Crippen LogP contribution in [0.2, 0.25) is 5.15 Å². The first-order valence-corrected chi connectivity index (χ1v) is 6.29. The molecule has 3 aromatic rings. The molecule has 0 fully saturated rings. The third-order valence-corrected chi connectivity index (χ3v) is 2.90. The fourth-order valence-electron chi connectivity index (χ4n) is 1.88. The maximum absolute atomic E-state index is 5.98. The lowest BCUT2D eigenvalue weighted by molar-refractivity contribution is 0.307. The number of imidazole rings is 1. The van der Waals surface area contributed by atoms with Crippen molar-refractivity contribution in [2.45, 2.75) is 13.5 Å². The molecule has 3 rings (SSSR count). The molecule has 0 aliphatic heterocycles. The monoisotopic (exact) mass is 273 g/mol. The van der Waals surface area contributed by atoms with Crippen molar-refractivity contribution in [3.63, 3.8) is 0 Å². The third-order valence-electron chi connectivity index (χ3n) is 2.72. The number of aromatic nitrogens is 3. The lowest BCUT2D eigenvalue weighted by Crippen LogP contribution is -1.99. The molecule has 2 aromatic heterocycles. The summed E-state index contributed by atoms with van der Waals surface area (Å²) in [5.74, 6) is 0.636. The maximum Gasteiger partial charge on any atom is 0.196 e. The maximum atomic E-state index is 5.98. The summed E-state index contributed by atoms with van der Waals surface area (Å²) in [4.78, 5) is 4.38.